The summed E-state index contributed by atoms with van der Waals surface area (Å²) in [6.07, 6.45) is 0.573. The van der Waals surface area contributed by atoms with Gasteiger partial charge in [-0.05, 0) is 24.3 Å². The predicted octanol–water partition coefficient (Wildman–Crippen LogP) is 0.518. The number of halogens is 2. The van der Waals surface area contributed by atoms with Gasteiger partial charge in [0.05, 0.1) is 30.2 Å². The minimum absolute atomic E-state index is 0.0156. The van der Waals surface area contributed by atoms with E-state index in [9.17, 15) is 28.0 Å². The fourth-order valence-corrected chi connectivity index (χ4v) is 3.72. The first-order chi connectivity index (χ1) is 17.1. The minimum atomic E-state index is -3.16. The van der Waals surface area contributed by atoms with Gasteiger partial charge in [-0.2, -0.15) is 5.26 Å². The molecule has 11 nitrogen and oxygen atoms in total. The van der Waals surface area contributed by atoms with Crippen LogP contribution in [0.3, 0.4) is 0 Å². The van der Waals surface area contributed by atoms with Crippen molar-refractivity contribution in [2.45, 2.75) is 31.2 Å². The molecule has 4 amide bonds. The maximum atomic E-state index is 13.6. The second-order valence-electron chi connectivity index (χ2n) is 8.19. The van der Waals surface area contributed by atoms with Crippen LogP contribution in [0, 0.1) is 11.3 Å². The number of rotatable bonds is 9. The van der Waals surface area contributed by atoms with Gasteiger partial charge in [0.2, 0.25) is 17.7 Å². The number of anilines is 1. The largest absolute Gasteiger partial charge is 0.355 e. The summed E-state index contributed by atoms with van der Waals surface area (Å²) in [5.74, 6) is -5.32. The Labute approximate surface area is 205 Å². The third-order valence-corrected chi connectivity index (χ3v) is 5.45. The molecule has 13 heteroatoms. The van der Waals surface area contributed by atoms with Gasteiger partial charge in [0, 0.05) is 49.6 Å². The molecule has 36 heavy (non-hydrogen) atoms. The number of carbonyl (C=O) groups excluding carboxylic acids is 4. The molecular weight excluding hydrogens is 476 g/mol. The second-order valence-corrected chi connectivity index (χ2v) is 8.19. The maximum Gasteiger partial charge on any atom is 0.268 e. The molecule has 0 saturated carbocycles. The van der Waals surface area contributed by atoms with Crippen molar-refractivity contribution in [1.82, 2.24) is 20.5 Å². The molecular formula is C23H25F2N7O4. The maximum absolute atomic E-state index is 13.6. The molecule has 1 aliphatic rings. The van der Waals surface area contributed by atoms with E-state index in [4.69, 9.17) is 11.0 Å². The number of likely N-dealkylation sites (tertiary alicyclic amines) is 1. The number of nitrogens with zero attached hydrogens (tertiary/aromatic N) is 3. The number of benzene rings is 1. The van der Waals surface area contributed by atoms with Crippen LogP contribution in [-0.2, 0) is 14.4 Å². The van der Waals surface area contributed by atoms with Crippen LogP contribution >= 0.6 is 0 Å². The van der Waals surface area contributed by atoms with E-state index in [0.29, 0.717) is 29.7 Å². The van der Waals surface area contributed by atoms with Gasteiger partial charge in [0.1, 0.15) is 6.04 Å². The molecule has 3 rings (SSSR count). The Morgan fingerprint density at radius 3 is 2.64 bits per heavy atom. The molecule has 1 atom stereocenters. The van der Waals surface area contributed by atoms with Gasteiger partial charge in [0.15, 0.2) is 0 Å². The average Bonchev–Trinajstić information content (AvgIpc) is 3.18. The van der Waals surface area contributed by atoms with Crippen molar-refractivity contribution in [1.29, 1.82) is 5.26 Å². The van der Waals surface area contributed by atoms with E-state index in [1.807, 2.05) is 0 Å². The predicted molar refractivity (Wildman–Crippen MR) is 125 cm³/mol. The summed E-state index contributed by atoms with van der Waals surface area (Å²) >= 11 is 0. The van der Waals surface area contributed by atoms with Crippen molar-refractivity contribution >= 4 is 40.2 Å². The normalized spacial score (nSPS) is 16.3. The van der Waals surface area contributed by atoms with Crippen LogP contribution < -0.4 is 21.7 Å². The summed E-state index contributed by atoms with van der Waals surface area (Å²) in [6.45, 7) is -0.838. The number of hydrogen-bond donors (Lipinski definition) is 4. The van der Waals surface area contributed by atoms with Gasteiger partial charge in [-0.15, -0.1) is 0 Å². The van der Waals surface area contributed by atoms with E-state index in [0.717, 1.165) is 4.90 Å². The summed E-state index contributed by atoms with van der Waals surface area (Å²) in [5.41, 5.74) is 6.27. The second kappa shape index (κ2) is 11.5. The van der Waals surface area contributed by atoms with E-state index in [1.54, 1.807) is 18.2 Å². The molecule has 2 heterocycles. The number of hydrogen-bond acceptors (Lipinski definition) is 7. The Balaban J connectivity index is 1.65. The van der Waals surface area contributed by atoms with E-state index >= 15 is 0 Å². The molecule has 0 spiro atoms. The van der Waals surface area contributed by atoms with Crippen LogP contribution in [-0.4, -0.2) is 71.7 Å². The number of carbonyl (C=O) groups is 4. The molecule has 5 N–H and O–H groups in total. The van der Waals surface area contributed by atoms with Crippen molar-refractivity contribution in [2.75, 3.05) is 31.5 Å². The van der Waals surface area contributed by atoms with E-state index < -0.39 is 49.2 Å². The van der Waals surface area contributed by atoms with Crippen molar-refractivity contribution in [2.24, 2.45) is 5.73 Å². The number of fused-ring (bicyclic) bond motifs is 1. The summed E-state index contributed by atoms with van der Waals surface area (Å²) in [6, 6.07) is 6.54. The van der Waals surface area contributed by atoms with Crippen molar-refractivity contribution in [3.63, 3.8) is 0 Å². The zero-order chi connectivity index (χ0) is 26.3. The number of aromatic nitrogens is 1. The van der Waals surface area contributed by atoms with Crippen molar-refractivity contribution in [3.05, 3.63) is 36.0 Å². The molecule has 1 saturated heterocycles. The van der Waals surface area contributed by atoms with Crippen molar-refractivity contribution in [3.8, 4) is 6.07 Å². The molecule has 1 fully saturated rings. The lowest BCUT2D eigenvalue weighted by molar-refractivity contribution is -0.131. The number of amides is 4. The van der Waals surface area contributed by atoms with Gasteiger partial charge >= 0.3 is 0 Å². The highest BCUT2D eigenvalue weighted by atomic mass is 19.3. The smallest absolute Gasteiger partial charge is 0.268 e. The van der Waals surface area contributed by atoms with Crippen LogP contribution in [0.15, 0.2) is 30.5 Å². The Morgan fingerprint density at radius 1 is 1.17 bits per heavy atom. The van der Waals surface area contributed by atoms with Gasteiger partial charge < -0.3 is 26.6 Å². The Morgan fingerprint density at radius 2 is 1.92 bits per heavy atom. The first-order valence-corrected chi connectivity index (χ1v) is 11.1. The van der Waals surface area contributed by atoms with Crippen LogP contribution in [0.1, 0.15) is 29.6 Å². The number of pyridine rings is 1. The molecule has 0 radical (unpaired) electrons. The van der Waals surface area contributed by atoms with E-state index in [2.05, 4.69) is 20.9 Å². The van der Waals surface area contributed by atoms with Crippen molar-refractivity contribution < 1.29 is 28.0 Å². The first-order valence-electron chi connectivity index (χ1n) is 11.1. The molecule has 190 valence electrons. The number of nitrogens with two attached hydrogens (primary N) is 1. The SMILES string of the molecule is N#C[C@@H]1CC(F)(F)CN1C(=O)CNC(=O)c1ccnc2ccc(NC(=O)CCC(=O)NCCN)cc12. The third-order valence-electron chi connectivity index (χ3n) is 5.45. The Hall–Kier alpha value is -4.18. The van der Waals surface area contributed by atoms with Gasteiger partial charge in [-0.25, -0.2) is 8.78 Å². The Kier molecular flexibility index (Phi) is 8.44. The first kappa shape index (κ1) is 26.4. The lowest BCUT2D eigenvalue weighted by atomic mass is 10.1. The summed E-state index contributed by atoms with van der Waals surface area (Å²) in [4.78, 5) is 54.0. The van der Waals surface area contributed by atoms with E-state index in [-0.39, 0.29) is 24.3 Å². The van der Waals surface area contributed by atoms with Crippen LogP contribution in [0.5, 0.6) is 0 Å². The van der Waals surface area contributed by atoms with Gasteiger partial charge in [0.25, 0.3) is 11.8 Å². The highest BCUT2D eigenvalue weighted by molar-refractivity contribution is 6.08. The van der Waals surface area contributed by atoms with Crippen LogP contribution in [0.4, 0.5) is 14.5 Å². The summed E-state index contributed by atoms with van der Waals surface area (Å²) < 4.78 is 27.2. The summed E-state index contributed by atoms with van der Waals surface area (Å²) in [7, 11) is 0. The number of alkyl halides is 2. The fourth-order valence-electron chi connectivity index (χ4n) is 3.72. The molecule has 1 aliphatic heterocycles. The molecule has 2 aromatic rings. The monoisotopic (exact) mass is 501 g/mol. The highest BCUT2D eigenvalue weighted by Gasteiger charge is 2.47. The quantitative estimate of drug-likeness (QED) is 0.388. The molecule has 1 aromatic carbocycles. The lowest BCUT2D eigenvalue weighted by Crippen LogP contribution is -2.43. The highest BCUT2D eigenvalue weighted by Crippen LogP contribution is 2.31. The standard InChI is InChI=1S/C23H25F2N7O4/c24-23(25)10-15(11-27)32(13-23)21(35)12-30-22(36)16-5-7-28-18-2-1-14(9-17(16)18)31-20(34)4-3-19(33)29-8-6-26/h1-2,5,7,9,15H,3-4,6,8,10,12-13,26H2,(H,29,33)(H,30,36)(H,31,34)/t15-/m0/s1. The zero-order valence-electron chi connectivity index (χ0n) is 19.2. The molecule has 0 bridgehead atoms. The van der Waals surface area contributed by atoms with Gasteiger partial charge in [-0.1, -0.05) is 0 Å². The van der Waals surface area contributed by atoms with Crippen LogP contribution in [0.2, 0.25) is 0 Å². The zero-order valence-corrected chi connectivity index (χ0v) is 19.2. The Bertz CT molecular complexity index is 1210. The third kappa shape index (κ3) is 6.70. The fraction of sp³-hybridized carbons (Fsp3) is 0.391. The van der Waals surface area contributed by atoms with E-state index in [1.165, 1.54) is 18.3 Å². The minimum Gasteiger partial charge on any atom is -0.355 e. The number of nitriles is 1. The number of nitrogens with one attached hydrogen (secondary N) is 3. The molecule has 0 aliphatic carbocycles. The topological polar surface area (TPSA) is 170 Å². The van der Waals surface area contributed by atoms with Crippen LogP contribution in [0.25, 0.3) is 10.9 Å². The lowest BCUT2D eigenvalue weighted by Gasteiger charge is -2.19. The molecule has 1 aromatic heterocycles. The molecule has 0 unspecified atom stereocenters. The van der Waals surface area contributed by atoms with Gasteiger partial charge in [-0.3, -0.25) is 24.2 Å². The average molecular weight is 501 g/mol. The summed E-state index contributed by atoms with van der Waals surface area (Å²) in [5, 5.41) is 17.0.